The van der Waals surface area contributed by atoms with Crippen LogP contribution in [0, 0.1) is 12.8 Å². The third-order valence-corrected chi connectivity index (χ3v) is 4.11. The maximum absolute atomic E-state index is 12.4. The van der Waals surface area contributed by atoms with Crippen molar-refractivity contribution >= 4 is 17.2 Å². The van der Waals surface area contributed by atoms with Gasteiger partial charge in [-0.3, -0.25) is 4.79 Å². The van der Waals surface area contributed by atoms with Crippen LogP contribution < -0.4 is 5.73 Å². The number of rotatable bonds is 3. The number of carbonyl (C=O) groups excluding carboxylic acids is 1. The molecule has 0 radical (unpaired) electrons. The van der Waals surface area contributed by atoms with E-state index in [1.807, 2.05) is 11.8 Å². The lowest BCUT2D eigenvalue weighted by molar-refractivity contribution is 0.0794. The van der Waals surface area contributed by atoms with Gasteiger partial charge in [0.2, 0.25) is 0 Å². The maximum Gasteiger partial charge on any atom is 0.265 e. The predicted octanol–water partition coefficient (Wildman–Crippen LogP) is 1.82. The van der Waals surface area contributed by atoms with Gasteiger partial charge in [-0.15, -0.1) is 11.3 Å². The van der Waals surface area contributed by atoms with Crippen molar-refractivity contribution in [1.29, 1.82) is 0 Å². The van der Waals surface area contributed by atoms with E-state index in [1.54, 1.807) is 0 Å². The van der Waals surface area contributed by atoms with Crippen LogP contribution in [0.1, 0.15) is 40.6 Å². The van der Waals surface area contributed by atoms with Gasteiger partial charge in [-0.1, -0.05) is 13.8 Å². The Labute approximate surface area is 112 Å². The molecule has 2 heterocycles. The Bertz CT molecular complexity index is 441. The number of hydrogen-bond acceptors (Lipinski definition) is 4. The van der Waals surface area contributed by atoms with Gasteiger partial charge in [0.25, 0.3) is 5.91 Å². The molecule has 4 nitrogen and oxygen atoms in total. The standard InChI is InChI=1S/C13H21N3OS/c1-8(2)6-11-12(18-9(3)15-11)13(17)16-5-4-10(14)7-16/h8,10H,4-7,14H2,1-3H3/t10-/m1/s1. The zero-order valence-electron chi connectivity index (χ0n) is 11.3. The quantitative estimate of drug-likeness (QED) is 0.909. The molecule has 1 aromatic rings. The van der Waals surface area contributed by atoms with Crippen molar-refractivity contribution in [1.82, 2.24) is 9.88 Å². The highest BCUT2D eigenvalue weighted by molar-refractivity contribution is 7.13. The summed E-state index contributed by atoms with van der Waals surface area (Å²) in [5, 5.41) is 0.970. The van der Waals surface area contributed by atoms with Crippen molar-refractivity contribution in [2.24, 2.45) is 11.7 Å². The van der Waals surface area contributed by atoms with Gasteiger partial charge in [-0.2, -0.15) is 0 Å². The van der Waals surface area contributed by atoms with E-state index < -0.39 is 0 Å². The summed E-state index contributed by atoms with van der Waals surface area (Å²) in [6.07, 6.45) is 1.77. The molecule has 0 spiro atoms. The van der Waals surface area contributed by atoms with Crippen LogP contribution in [-0.2, 0) is 6.42 Å². The Morgan fingerprint density at radius 2 is 2.33 bits per heavy atom. The van der Waals surface area contributed by atoms with E-state index in [0.29, 0.717) is 12.5 Å². The minimum absolute atomic E-state index is 0.115. The summed E-state index contributed by atoms with van der Waals surface area (Å²) in [6, 6.07) is 0.136. The molecule has 0 saturated carbocycles. The molecule has 1 aromatic heterocycles. The molecule has 0 unspecified atom stereocenters. The highest BCUT2D eigenvalue weighted by Gasteiger charge is 2.28. The minimum Gasteiger partial charge on any atom is -0.336 e. The molecule has 18 heavy (non-hydrogen) atoms. The molecule has 1 aliphatic rings. The zero-order chi connectivity index (χ0) is 13.3. The second kappa shape index (κ2) is 5.36. The summed E-state index contributed by atoms with van der Waals surface area (Å²) in [4.78, 5) is 19.6. The van der Waals surface area contributed by atoms with Crippen LogP contribution in [-0.4, -0.2) is 34.9 Å². The van der Waals surface area contributed by atoms with Crippen LogP contribution in [0.2, 0.25) is 0 Å². The molecule has 1 aliphatic heterocycles. The molecular formula is C13H21N3OS. The van der Waals surface area contributed by atoms with Crippen LogP contribution >= 0.6 is 11.3 Å². The molecule has 1 fully saturated rings. The Kier molecular flexibility index (Phi) is 4.02. The first kappa shape index (κ1) is 13.5. The number of nitrogens with zero attached hydrogens (tertiary/aromatic N) is 2. The highest BCUT2D eigenvalue weighted by Crippen LogP contribution is 2.24. The lowest BCUT2D eigenvalue weighted by Gasteiger charge is -2.15. The average Bonchev–Trinajstić information content (AvgIpc) is 2.83. The number of hydrogen-bond donors (Lipinski definition) is 1. The Hall–Kier alpha value is -0.940. The normalized spacial score (nSPS) is 19.8. The second-order valence-electron chi connectivity index (χ2n) is 5.41. The summed E-state index contributed by atoms with van der Waals surface area (Å²) >= 11 is 1.51. The summed E-state index contributed by atoms with van der Waals surface area (Å²) in [7, 11) is 0. The van der Waals surface area contributed by atoms with Gasteiger partial charge >= 0.3 is 0 Å². The SMILES string of the molecule is Cc1nc(CC(C)C)c(C(=O)N2CC[C@@H](N)C2)s1. The molecule has 0 bridgehead atoms. The number of aromatic nitrogens is 1. The summed E-state index contributed by atoms with van der Waals surface area (Å²) < 4.78 is 0. The van der Waals surface area contributed by atoms with E-state index in [4.69, 9.17) is 5.73 Å². The van der Waals surface area contributed by atoms with Crippen LogP contribution in [0.4, 0.5) is 0 Å². The molecule has 2 rings (SSSR count). The van der Waals surface area contributed by atoms with Crippen LogP contribution in [0.25, 0.3) is 0 Å². The third-order valence-electron chi connectivity index (χ3n) is 3.11. The topological polar surface area (TPSA) is 59.2 Å². The Morgan fingerprint density at radius 3 is 2.89 bits per heavy atom. The van der Waals surface area contributed by atoms with Crippen molar-refractivity contribution in [3.63, 3.8) is 0 Å². The van der Waals surface area contributed by atoms with E-state index in [0.717, 1.165) is 35.0 Å². The van der Waals surface area contributed by atoms with Gasteiger partial charge in [0.05, 0.1) is 10.7 Å². The third kappa shape index (κ3) is 2.90. The maximum atomic E-state index is 12.4. The molecule has 0 aromatic carbocycles. The molecule has 1 amide bonds. The second-order valence-corrected chi connectivity index (χ2v) is 6.61. The number of aryl methyl sites for hydroxylation is 1. The average molecular weight is 267 g/mol. The predicted molar refractivity (Wildman–Crippen MR) is 73.9 cm³/mol. The van der Waals surface area contributed by atoms with Gasteiger partial charge < -0.3 is 10.6 Å². The van der Waals surface area contributed by atoms with Crippen molar-refractivity contribution in [3.8, 4) is 0 Å². The van der Waals surface area contributed by atoms with Crippen molar-refractivity contribution < 1.29 is 4.79 Å². The number of amides is 1. The molecular weight excluding hydrogens is 246 g/mol. The molecule has 0 aliphatic carbocycles. The van der Waals surface area contributed by atoms with Crippen molar-refractivity contribution in [2.75, 3.05) is 13.1 Å². The number of nitrogens with two attached hydrogens (primary N) is 1. The molecule has 5 heteroatoms. The smallest absolute Gasteiger partial charge is 0.265 e. The fourth-order valence-corrected chi connectivity index (χ4v) is 3.19. The first-order valence-electron chi connectivity index (χ1n) is 6.48. The minimum atomic E-state index is 0.115. The first-order chi connectivity index (χ1) is 8.47. The number of carbonyl (C=O) groups is 1. The lowest BCUT2D eigenvalue weighted by Crippen LogP contribution is -2.32. The van der Waals surface area contributed by atoms with Crippen molar-refractivity contribution in [3.05, 3.63) is 15.6 Å². The van der Waals surface area contributed by atoms with E-state index in [2.05, 4.69) is 18.8 Å². The Balaban J connectivity index is 2.19. The molecule has 1 saturated heterocycles. The van der Waals surface area contributed by atoms with E-state index in [-0.39, 0.29) is 11.9 Å². The highest BCUT2D eigenvalue weighted by atomic mass is 32.1. The molecule has 2 N–H and O–H groups in total. The number of likely N-dealkylation sites (tertiary alicyclic amines) is 1. The van der Waals surface area contributed by atoms with E-state index in [1.165, 1.54) is 11.3 Å². The summed E-state index contributed by atoms with van der Waals surface area (Å²) in [5.41, 5.74) is 6.82. The lowest BCUT2D eigenvalue weighted by atomic mass is 10.1. The van der Waals surface area contributed by atoms with Gasteiger partial charge in [0, 0.05) is 19.1 Å². The molecule has 1 atom stereocenters. The van der Waals surface area contributed by atoms with Gasteiger partial charge in [0.1, 0.15) is 4.88 Å². The zero-order valence-corrected chi connectivity index (χ0v) is 12.1. The van der Waals surface area contributed by atoms with Crippen LogP contribution in [0.15, 0.2) is 0 Å². The van der Waals surface area contributed by atoms with Gasteiger partial charge in [-0.05, 0) is 25.7 Å². The largest absolute Gasteiger partial charge is 0.336 e. The van der Waals surface area contributed by atoms with Crippen LogP contribution in [0.5, 0.6) is 0 Å². The van der Waals surface area contributed by atoms with E-state index >= 15 is 0 Å². The fourth-order valence-electron chi connectivity index (χ4n) is 2.28. The molecule has 100 valence electrons. The fraction of sp³-hybridized carbons (Fsp3) is 0.692. The van der Waals surface area contributed by atoms with Crippen LogP contribution in [0.3, 0.4) is 0 Å². The van der Waals surface area contributed by atoms with Gasteiger partial charge in [-0.25, -0.2) is 4.98 Å². The summed E-state index contributed by atoms with van der Waals surface area (Å²) in [5.74, 6) is 0.628. The Morgan fingerprint density at radius 1 is 1.61 bits per heavy atom. The van der Waals surface area contributed by atoms with E-state index in [9.17, 15) is 4.79 Å². The van der Waals surface area contributed by atoms with Crippen molar-refractivity contribution in [2.45, 2.75) is 39.7 Å². The monoisotopic (exact) mass is 267 g/mol. The number of thiazole rings is 1. The summed E-state index contributed by atoms with van der Waals surface area (Å²) in [6.45, 7) is 7.71. The van der Waals surface area contributed by atoms with Gasteiger partial charge in [0.15, 0.2) is 0 Å². The first-order valence-corrected chi connectivity index (χ1v) is 7.30.